The molecule has 0 spiro atoms. The minimum absolute atomic E-state index is 0.00184. The highest BCUT2D eigenvalue weighted by atomic mass is 16.5. The zero-order valence-corrected chi connectivity index (χ0v) is 16.2. The van der Waals surface area contributed by atoms with Crippen LogP contribution >= 0.6 is 0 Å². The number of carbonyl (C=O) groups excluding carboxylic acids is 2. The smallest absolute Gasteiger partial charge is 0.244 e. The quantitative estimate of drug-likeness (QED) is 0.628. The van der Waals surface area contributed by atoms with Gasteiger partial charge in [0.25, 0.3) is 0 Å². The van der Waals surface area contributed by atoms with Crippen LogP contribution in [-0.4, -0.2) is 41.4 Å². The van der Waals surface area contributed by atoms with Crippen molar-refractivity contribution in [1.82, 2.24) is 9.88 Å². The number of amides is 2. The summed E-state index contributed by atoms with van der Waals surface area (Å²) in [6.45, 7) is 4.35. The van der Waals surface area contributed by atoms with Crippen molar-refractivity contribution < 1.29 is 14.3 Å². The van der Waals surface area contributed by atoms with Crippen molar-refractivity contribution in [2.75, 3.05) is 25.0 Å². The first kappa shape index (κ1) is 19.5. The molecule has 1 aromatic heterocycles. The Hall–Kier alpha value is -3.28. The lowest BCUT2D eigenvalue weighted by Gasteiger charge is -2.21. The van der Waals surface area contributed by atoms with Gasteiger partial charge < -0.3 is 19.9 Å². The van der Waals surface area contributed by atoms with E-state index < -0.39 is 0 Å². The fraction of sp³-hybridized carbons (Fsp3) is 0.273. The second kappa shape index (κ2) is 9.08. The molecule has 6 heteroatoms. The van der Waals surface area contributed by atoms with Gasteiger partial charge in [-0.3, -0.25) is 9.59 Å². The maximum Gasteiger partial charge on any atom is 0.244 e. The van der Waals surface area contributed by atoms with E-state index in [1.54, 1.807) is 17.0 Å². The molecular weight excluding hydrogens is 354 g/mol. The molecule has 6 nitrogen and oxygen atoms in total. The molecule has 3 rings (SSSR count). The molecule has 0 saturated heterocycles. The van der Waals surface area contributed by atoms with Crippen LogP contribution in [0.4, 0.5) is 5.69 Å². The third-order valence-electron chi connectivity index (χ3n) is 4.57. The number of carbonyl (C=O) groups is 2. The number of anilines is 1. The summed E-state index contributed by atoms with van der Waals surface area (Å²) in [6, 6.07) is 15.3. The predicted octanol–water partition coefficient (Wildman–Crippen LogP) is 3.60. The summed E-state index contributed by atoms with van der Waals surface area (Å²) in [5, 5.41) is 3.98. The number of rotatable bonds is 8. The van der Waals surface area contributed by atoms with Gasteiger partial charge >= 0.3 is 0 Å². The van der Waals surface area contributed by atoms with Crippen molar-refractivity contribution in [2.24, 2.45) is 0 Å². The molecule has 0 radical (unpaired) electrons. The number of aromatic nitrogens is 1. The number of H-pyrrole nitrogens is 1. The highest BCUT2D eigenvalue weighted by Gasteiger charge is 2.16. The lowest BCUT2D eigenvalue weighted by atomic mass is 10.1. The van der Waals surface area contributed by atoms with E-state index in [0.29, 0.717) is 31.0 Å². The Bertz CT molecular complexity index is 964. The zero-order chi connectivity index (χ0) is 19.9. The van der Waals surface area contributed by atoms with E-state index in [9.17, 15) is 9.59 Å². The average Bonchev–Trinajstić information content (AvgIpc) is 3.10. The Morgan fingerprint density at radius 3 is 2.64 bits per heavy atom. The van der Waals surface area contributed by atoms with Crippen molar-refractivity contribution in [3.05, 3.63) is 60.3 Å². The van der Waals surface area contributed by atoms with Gasteiger partial charge in [0.2, 0.25) is 11.8 Å². The van der Waals surface area contributed by atoms with Crippen LogP contribution < -0.4 is 10.1 Å². The normalized spacial score (nSPS) is 10.6. The highest BCUT2D eigenvalue weighted by molar-refractivity contribution is 5.95. The van der Waals surface area contributed by atoms with Crippen LogP contribution in [0.1, 0.15) is 19.4 Å². The van der Waals surface area contributed by atoms with Crippen LogP contribution in [0.25, 0.3) is 10.9 Å². The summed E-state index contributed by atoms with van der Waals surface area (Å²) < 4.78 is 5.53. The molecule has 0 saturated carbocycles. The fourth-order valence-electron chi connectivity index (χ4n) is 3.16. The Balaban J connectivity index is 1.63. The highest BCUT2D eigenvalue weighted by Crippen LogP contribution is 2.23. The molecule has 1 heterocycles. The van der Waals surface area contributed by atoms with E-state index in [1.807, 2.05) is 43.5 Å². The minimum Gasteiger partial charge on any atom is -0.492 e. The van der Waals surface area contributed by atoms with Crippen LogP contribution in [-0.2, 0) is 16.0 Å². The number of nitrogens with zero attached hydrogens (tertiary/aromatic N) is 1. The van der Waals surface area contributed by atoms with Crippen LogP contribution in [0.3, 0.4) is 0 Å². The molecule has 2 N–H and O–H groups in total. The van der Waals surface area contributed by atoms with Crippen molar-refractivity contribution in [2.45, 2.75) is 20.3 Å². The van der Waals surface area contributed by atoms with Crippen LogP contribution in [0, 0.1) is 0 Å². The molecule has 0 fully saturated rings. The standard InChI is InChI=1S/C22H25N3O3/c1-3-28-21-11-7-6-10-20(21)24-22(27)15-25(16(2)26)13-12-17-14-23-19-9-5-4-8-18(17)19/h4-11,14,23H,3,12-13,15H2,1-2H3,(H,24,27). The monoisotopic (exact) mass is 379 g/mol. The first-order valence-electron chi connectivity index (χ1n) is 9.40. The molecule has 0 aliphatic rings. The van der Waals surface area contributed by atoms with Gasteiger partial charge in [-0.2, -0.15) is 0 Å². The molecule has 0 aliphatic carbocycles. The van der Waals surface area contributed by atoms with Crippen molar-refractivity contribution in [3.8, 4) is 5.75 Å². The van der Waals surface area contributed by atoms with Gasteiger partial charge in [0.05, 0.1) is 18.8 Å². The number of hydrogen-bond acceptors (Lipinski definition) is 3. The maximum absolute atomic E-state index is 12.5. The SMILES string of the molecule is CCOc1ccccc1NC(=O)CN(CCc1c[nH]c2ccccc12)C(C)=O. The second-order valence-corrected chi connectivity index (χ2v) is 6.53. The molecule has 0 bridgehead atoms. The van der Waals surface area contributed by atoms with Gasteiger partial charge in [0.15, 0.2) is 0 Å². The molecule has 0 aliphatic heterocycles. The lowest BCUT2D eigenvalue weighted by molar-refractivity contribution is -0.132. The van der Waals surface area contributed by atoms with Crippen LogP contribution in [0.2, 0.25) is 0 Å². The Morgan fingerprint density at radius 2 is 1.86 bits per heavy atom. The number of para-hydroxylation sites is 3. The Kier molecular flexibility index (Phi) is 6.32. The third kappa shape index (κ3) is 4.71. The number of fused-ring (bicyclic) bond motifs is 1. The molecule has 28 heavy (non-hydrogen) atoms. The zero-order valence-electron chi connectivity index (χ0n) is 16.2. The molecule has 0 unspecified atom stereocenters. The van der Waals surface area contributed by atoms with E-state index in [0.717, 1.165) is 16.5 Å². The van der Waals surface area contributed by atoms with Crippen LogP contribution in [0.5, 0.6) is 5.75 Å². The summed E-state index contributed by atoms with van der Waals surface area (Å²) in [7, 11) is 0. The minimum atomic E-state index is -0.249. The molecular formula is C22H25N3O3. The summed E-state index contributed by atoms with van der Waals surface area (Å²) in [4.78, 5) is 29.3. The van der Waals surface area contributed by atoms with Gasteiger partial charge in [0.1, 0.15) is 5.75 Å². The van der Waals surface area contributed by atoms with E-state index >= 15 is 0 Å². The topological polar surface area (TPSA) is 74.4 Å². The Labute approximate surface area is 164 Å². The van der Waals surface area contributed by atoms with E-state index in [2.05, 4.69) is 16.4 Å². The van der Waals surface area contributed by atoms with Gasteiger partial charge in [-0.05, 0) is 37.1 Å². The number of nitrogens with one attached hydrogen (secondary N) is 2. The predicted molar refractivity (Wildman–Crippen MR) is 110 cm³/mol. The summed E-state index contributed by atoms with van der Waals surface area (Å²) in [5.74, 6) is 0.237. The maximum atomic E-state index is 12.5. The van der Waals surface area contributed by atoms with Gasteiger partial charge in [0, 0.05) is 30.6 Å². The van der Waals surface area contributed by atoms with E-state index in [4.69, 9.17) is 4.74 Å². The van der Waals surface area contributed by atoms with Gasteiger partial charge in [-0.15, -0.1) is 0 Å². The van der Waals surface area contributed by atoms with Crippen molar-refractivity contribution in [1.29, 1.82) is 0 Å². The number of aromatic amines is 1. The molecule has 2 amide bonds. The first-order chi connectivity index (χ1) is 13.6. The Morgan fingerprint density at radius 1 is 1.11 bits per heavy atom. The van der Waals surface area contributed by atoms with Gasteiger partial charge in [-0.25, -0.2) is 0 Å². The summed E-state index contributed by atoms with van der Waals surface area (Å²) in [5.41, 5.74) is 2.80. The van der Waals surface area contributed by atoms with Gasteiger partial charge in [-0.1, -0.05) is 30.3 Å². The van der Waals surface area contributed by atoms with Crippen LogP contribution in [0.15, 0.2) is 54.7 Å². The average molecular weight is 379 g/mol. The molecule has 146 valence electrons. The van der Waals surface area contributed by atoms with E-state index in [1.165, 1.54) is 6.92 Å². The third-order valence-corrected chi connectivity index (χ3v) is 4.57. The van der Waals surface area contributed by atoms with E-state index in [-0.39, 0.29) is 18.4 Å². The van der Waals surface area contributed by atoms with Crippen molar-refractivity contribution >= 4 is 28.4 Å². The second-order valence-electron chi connectivity index (χ2n) is 6.53. The number of hydrogen-bond donors (Lipinski definition) is 2. The molecule has 2 aromatic carbocycles. The first-order valence-corrected chi connectivity index (χ1v) is 9.40. The molecule has 3 aromatic rings. The van der Waals surface area contributed by atoms with Crippen molar-refractivity contribution in [3.63, 3.8) is 0 Å². The summed E-state index contributed by atoms with van der Waals surface area (Å²) >= 11 is 0. The fourth-order valence-corrected chi connectivity index (χ4v) is 3.16. The summed E-state index contributed by atoms with van der Waals surface area (Å²) in [6.07, 6.45) is 2.63. The number of ether oxygens (including phenoxy) is 1. The number of benzene rings is 2. The largest absolute Gasteiger partial charge is 0.492 e. The molecule has 0 atom stereocenters. The lowest BCUT2D eigenvalue weighted by Crippen LogP contribution is -2.38.